The number of carbonyl (C=O) groups is 2. The number of alkyl carbamates (subject to hydrolysis) is 1. The number of fused-ring (bicyclic) bond motifs is 7. The summed E-state index contributed by atoms with van der Waals surface area (Å²) in [6.45, 7) is 3.55. The van der Waals surface area contributed by atoms with Gasteiger partial charge in [0.15, 0.2) is 5.75 Å². The van der Waals surface area contributed by atoms with Crippen molar-refractivity contribution in [3.05, 3.63) is 17.8 Å². The zero-order chi connectivity index (χ0) is 28.9. The average molecular weight is 625 g/mol. The SMILES string of the molecule is CC[C@@H]1NC(=O)O[C@@H]2C[C@H]2CCCCCc2nc3ccc4c(c3nc2O[C@H]2CN(C1=O)[C@H]([C-]=O)C2C)OC(F)(F)O4.[V]. The van der Waals surface area contributed by atoms with Crippen molar-refractivity contribution >= 4 is 29.3 Å². The number of benzene rings is 1. The second-order valence-electron chi connectivity index (χ2n) is 11.1. The van der Waals surface area contributed by atoms with E-state index in [2.05, 4.69) is 15.0 Å². The van der Waals surface area contributed by atoms with Crippen LogP contribution in [0.2, 0.25) is 0 Å². The van der Waals surface area contributed by atoms with Gasteiger partial charge in [-0.1, -0.05) is 32.7 Å². The Morgan fingerprint density at radius 2 is 1.93 bits per heavy atom. The van der Waals surface area contributed by atoms with E-state index in [-0.39, 0.29) is 60.0 Å². The molecule has 0 spiro atoms. The quantitative estimate of drug-likeness (QED) is 0.498. The Morgan fingerprint density at radius 3 is 2.69 bits per heavy atom. The van der Waals surface area contributed by atoms with E-state index in [9.17, 15) is 23.2 Å². The first-order chi connectivity index (χ1) is 19.7. The van der Waals surface area contributed by atoms with Gasteiger partial charge in [-0.05, 0) is 56.1 Å². The zero-order valence-electron chi connectivity index (χ0n) is 23.2. The van der Waals surface area contributed by atoms with Gasteiger partial charge in [0.25, 0.3) is 0 Å². The predicted octanol–water partition coefficient (Wildman–Crippen LogP) is 3.66. The number of rotatable bonds is 2. The third-order valence-electron chi connectivity index (χ3n) is 8.31. The Hall–Kier alpha value is -3.19. The van der Waals surface area contributed by atoms with Gasteiger partial charge < -0.3 is 34.0 Å². The van der Waals surface area contributed by atoms with Crippen molar-refractivity contribution in [2.45, 2.75) is 89.4 Å². The van der Waals surface area contributed by atoms with E-state index in [1.807, 2.05) is 6.29 Å². The second kappa shape index (κ2) is 11.8. The number of aryl methyl sites for hydroxylation is 1. The fourth-order valence-corrected chi connectivity index (χ4v) is 5.85. The van der Waals surface area contributed by atoms with Gasteiger partial charge in [-0.25, -0.2) is 21.0 Å². The maximum atomic E-state index is 13.9. The number of ether oxygens (including phenoxy) is 4. The topological polar surface area (TPSA) is 129 Å². The number of nitrogens with one attached hydrogen (secondary N) is 1. The molecule has 4 aliphatic rings. The van der Waals surface area contributed by atoms with Crippen molar-refractivity contribution in [3.63, 3.8) is 0 Å². The van der Waals surface area contributed by atoms with Crippen LogP contribution in [0, 0.1) is 11.8 Å². The minimum absolute atomic E-state index is 0. The Balaban J connectivity index is 0.00000353. The molecule has 225 valence electrons. The first kappa shape index (κ1) is 30.3. The third-order valence-corrected chi connectivity index (χ3v) is 8.31. The zero-order valence-corrected chi connectivity index (χ0v) is 24.6. The maximum Gasteiger partial charge on any atom is 0.586 e. The molecule has 14 heteroatoms. The Morgan fingerprint density at radius 1 is 1.12 bits per heavy atom. The van der Waals surface area contributed by atoms with Crippen LogP contribution in [0.15, 0.2) is 12.1 Å². The molecule has 6 atom stereocenters. The number of hydrogen-bond acceptors (Lipinski definition) is 9. The van der Waals surface area contributed by atoms with Gasteiger partial charge >= 0.3 is 12.4 Å². The standard InChI is InChI=1S/C28H31F2N4O7.V/c1-3-16-26(36)34-12-22(14(2)19(34)13-35)38-25-18(8-6-4-5-7-15-11-21(15)39-27(37)32-16)31-17-9-10-20-24(23(17)33-25)41-28(29,30)40-20;/h9-10,14-16,19,21-22H,3-8,11-12H2,1-2H3,(H,32,37);/q-1;/t14?,15-,16+,19-,21-,22+;/m1./s1. The fourth-order valence-electron chi connectivity index (χ4n) is 5.85. The molecule has 2 fully saturated rings. The molecule has 42 heavy (non-hydrogen) atoms. The molecule has 1 aliphatic carbocycles. The van der Waals surface area contributed by atoms with Crippen LogP contribution in [-0.2, 0) is 39.3 Å². The van der Waals surface area contributed by atoms with Crippen LogP contribution in [0.3, 0.4) is 0 Å². The van der Waals surface area contributed by atoms with Gasteiger partial charge in [0.1, 0.15) is 29.5 Å². The number of halogens is 2. The molecule has 1 radical (unpaired) electrons. The maximum absolute atomic E-state index is 13.9. The summed E-state index contributed by atoms with van der Waals surface area (Å²) in [5, 5.41) is 2.65. The summed E-state index contributed by atoms with van der Waals surface area (Å²) in [5.74, 6) is -0.910. The van der Waals surface area contributed by atoms with E-state index < -0.39 is 42.4 Å². The van der Waals surface area contributed by atoms with Crippen LogP contribution in [0.1, 0.15) is 58.1 Å². The van der Waals surface area contributed by atoms with Crippen molar-refractivity contribution < 1.29 is 60.7 Å². The Labute approximate surface area is 252 Å². The molecule has 1 aromatic carbocycles. The van der Waals surface area contributed by atoms with Gasteiger partial charge in [-0.2, -0.15) is 0 Å². The fraction of sp³-hybridized carbons (Fsp3) is 0.607. The number of aromatic nitrogens is 2. The van der Waals surface area contributed by atoms with E-state index in [4.69, 9.17) is 19.2 Å². The van der Waals surface area contributed by atoms with Crippen molar-refractivity contribution in [2.75, 3.05) is 6.54 Å². The van der Waals surface area contributed by atoms with Crippen LogP contribution in [-0.4, -0.2) is 70.3 Å². The summed E-state index contributed by atoms with van der Waals surface area (Å²) in [5.41, 5.74) is 0.954. The van der Waals surface area contributed by atoms with E-state index in [1.54, 1.807) is 19.9 Å². The van der Waals surface area contributed by atoms with Gasteiger partial charge in [-0.15, -0.1) is 8.78 Å². The summed E-state index contributed by atoms with van der Waals surface area (Å²) in [7, 11) is 0. The molecule has 2 amide bonds. The molecule has 1 saturated carbocycles. The Bertz CT molecular complexity index is 1380. The van der Waals surface area contributed by atoms with E-state index >= 15 is 0 Å². The minimum atomic E-state index is -3.83. The minimum Gasteiger partial charge on any atom is -0.540 e. The Kier molecular flexibility index (Phi) is 8.53. The molecule has 6 rings (SSSR count). The van der Waals surface area contributed by atoms with Gasteiger partial charge in [0, 0.05) is 18.6 Å². The monoisotopic (exact) mass is 624 g/mol. The van der Waals surface area contributed by atoms with Crippen LogP contribution in [0.25, 0.3) is 11.0 Å². The van der Waals surface area contributed by atoms with Crippen molar-refractivity contribution in [2.24, 2.45) is 11.8 Å². The number of hydrogen-bond donors (Lipinski definition) is 1. The summed E-state index contributed by atoms with van der Waals surface area (Å²) in [6, 6.07) is 1.09. The molecule has 2 aromatic rings. The number of nitrogens with zero attached hydrogens (tertiary/aromatic N) is 3. The van der Waals surface area contributed by atoms with Gasteiger partial charge in [0.2, 0.25) is 17.5 Å². The molecule has 3 aliphatic heterocycles. The molecule has 1 aromatic heterocycles. The predicted molar refractivity (Wildman–Crippen MR) is 138 cm³/mol. The normalized spacial score (nSPS) is 30.4. The molecule has 1 N–H and O–H groups in total. The molecule has 11 nitrogen and oxygen atoms in total. The van der Waals surface area contributed by atoms with Crippen LogP contribution in [0.5, 0.6) is 17.4 Å². The van der Waals surface area contributed by atoms with Gasteiger partial charge in [0.05, 0.1) is 12.1 Å². The summed E-state index contributed by atoms with van der Waals surface area (Å²) in [6.07, 6.45) is 1.72. The summed E-state index contributed by atoms with van der Waals surface area (Å²) in [4.78, 5) is 48.6. The number of carbonyl (C=O) groups excluding carboxylic acids is 3. The van der Waals surface area contributed by atoms with Crippen molar-refractivity contribution in [3.8, 4) is 17.4 Å². The van der Waals surface area contributed by atoms with Crippen LogP contribution >= 0.6 is 0 Å². The third kappa shape index (κ3) is 5.85. The number of alkyl halides is 2. The summed E-state index contributed by atoms with van der Waals surface area (Å²) >= 11 is 0. The molecular weight excluding hydrogens is 593 g/mol. The molecule has 2 bridgehead atoms. The number of amides is 2. The smallest absolute Gasteiger partial charge is 0.540 e. The first-order valence-corrected chi connectivity index (χ1v) is 14.1. The van der Waals surface area contributed by atoms with Crippen LogP contribution in [0.4, 0.5) is 13.6 Å². The molecular formula is C28H31F2N4O7V-. The largest absolute Gasteiger partial charge is 0.586 e. The van der Waals surface area contributed by atoms with E-state index in [0.29, 0.717) is 24.1 Å². The van der Waals surface area contributed by atoms with E-state index in [0.717, 1.165) is 32.1 Å². The molecule has 4 heterocycles. The van der Waals surface area contributed by atoms with Crippen molar-refractivity contribution in [1.82, 2.24) is 20.2 Å². The van der Waals surface area contributed by atoms with E-state index in [1.165, 1.54) is 11.0 Å². The van der Waals surface area contributed by atoms with Gasteiger partial charge in [-0.3, -0.25) is 4.79 Å². The molecule has 1 saturated heterocycles. The first-order valence-electron chi connectivity index (χ1n) is 14.1. The van der Waals surface area contributed by atoms with Crippen molar-refractivity contribution in [1.29, 1.82) is 0 Å². The van der Waals surface area contributed by atoms with Crippen LogP contribution < -0.4 is 19.5 Å². The molecule has 1 unspecified atom stereocenters. The average Bonchev–Trinajstić information content (AvgIpc) is 3.46. The second-order valence-corrected chi connectivity index (χ2v) is 11.1. The summed E-state index contributed by atoms with van der Waals surface area (Å²) < 4.78 is 48.9.